The zero-order valence-electron chi connectivity index (χ0n) is 10.9. The van der Waals surface area contributed by atoms with Crippen LogP contribution >= 0.6 is 11.8 Å². The number of hydrogen-bond acceptors (Lipinski definition) is 2. The van der Waals surface area contributed by atoms with Gasteiger partial charge in [-0.25, -0.2) is 0 Å². The van der Waals surface area contributed by atoms with Crippen molar-refractivity contribution in [1.82, 2.24) is 5.32 Å². The lowest BCUT2D eigenvalue weighted by Gasteiger charge is -2.10. The van der Waals surface area contributed by atoms with Gasteiger partial charge in [-0.15, -0.1) is 0 Å². The van der Waals surface area contributed by atoms with Crippen LogP contribution in [0.5, 0.6) is 0 Å². The van der Waals surface area contributed by atoms with Crippen molar-refractivity contribution < 1.29 is 0 Å². The minimum atomic E-state index is 1.00. The highest BCUT2D eigenvalue weighted by Gasteiger charge is 2.01. The Bertz CT molecular complexity index is 334. The molecular weight excluding hydrogens is 214 g/mol. The molecule has 1 aromatic rings. The Hall–Kier alpha value is -0.470. The summed E-state index contributed by atoms with van der Waals surface area (Å²) in [5.41, 5.74) is 5.63. The molecule has 0 fully saturated rings. The van der Waals surface area contributed by atoms with E-state index in [0.29, 0.717) is 0 Å². The molecule has 0 aromatic heterocycles. The van der Waals surface area contributed by atoms with Crippen LogP contribution in [0, 0.1) is 20.8 Å². The molecule has 1 rings (SSSR count). The molecule has 0 aliphatic rings. The van der Waals surface area contributed by atoms with Crippen LogP contribution in [0.4, 0.5) is 0 Å². The molecule has 1 aromatic carbocycles. The second kappa shape index (κ2) is 6.97. The van der Waals surface area contributed by atoms with Gasteiger partial charge in [-0.1, -0.05) is 12.1 Å². The summed E-state index contributed by atoms with van der Waals surface area (Å²) in [6.07, 6.45) is 3.42. The number of thioether (sulfide) groups is 1. The van der Waals surface area contributed by atoms with Crippen molar-refractivity contribution in [2.24, 2.45) is 0 Å². The lowest BCUT2D eigenvalue weighted by atomic mass is 10.0. The zero-order valence-corrected chi connectivity index (χ0v) is 11.7. The predicted octanol–water partition coefficient (Wildman–Crippen LogP) is 3.45. The van der Waals surface area contributed by atoms with Crippen LogP contribution in [0.1, 0.15) is 28.7 Å². The van der Waals surface area contributed by atoms with Crippen molar-refractivity contribution in [3.63, 3.8) is 0 Å². The van der Waals surface area contributed by atoms with E-state index in [1.54, 1.807) is 0 Å². The summed E-state index contributed by atoms with van der Waals surface area (Å²) in [5.74, 6) is 1.25. The molecule has 0 saturated heterocycles. The van der Waals surface area contributed by atoms with Gasteiger partial charge >= 0.3 is 0 Å². The normalized spacial score (nSPS) is 10.8. The summed E-state index contributed by atoms with van der Waals surface area (Å²) in [7, 11) is 0. The Kier molecular flexibility index (Phi) is 5.93. The van der Waals surface area contributed by atoms with Crippen molar-refractivity contribution >= 4 is 11.8 Å². The van der Waals surface area contributed by atoms with Crippen molar-refractivity contribution in [1.29, 1.82) is 0 Å². The lowest BCUT2D eigenvalue weighted by Crippen LogP contribution is -2.16. The third kappa shape index (κ3) is 4.18. The van der Waals surface area contributed by atoms with Crippen molar-refractivity contribution in [2.75, 3.05) is 18.6 Å². The molecule has 0 aliphatic carbocycles. The molecule has 1 nitrogen and oxygen atoms in total. The first-order chi connectivity index (χ1) is 7.65. The van der Waals surface area contributed by atoms with Gasteiger partial charge in [0.1, 0.15) is 0 Å². The Labute approximate surface area is 104 Å². The average Bonchev–Trinajstić information content (AvgIpc) is 2.25. The van der Waals surface area contributed by atoms with Gasteiger partial charge in [0.25, 0.3) is 0 Å². The van der Waals surface area contributed by atoms with Crippen LogP contribution in [0.3, 0.4) is 0 Å². The van der Waals surface area contributed by atoms with E-state index in [2.05, 4.69) is 44.5 Å². The standard InChI is InChI=1S/C14H23NS/c1-11-8-13(3)14(9-12(11)2)10-15-6-5-7-16-4/h8-9,15H,5-7,10H2,1-4H3. The van der Waals surface area contributed by atoms with Gasteiger partial charge in [0.05, 0.1) is 0 Å². The average molecular weight is 237 g/mol. The summed E-state index contributed by atoms with van der Waals surface area (Å²) in [5, 5.41) is 3.51. The number of benzene rings is 1. The van der Waals surface area contributed by atoms with Gasteiger partial charge in [-0.2, -0.15) is 11.8 Å². The topological polar surface area (TPSA) is 12.0 Å². The third-order valence-corrected chi connectivity index (χ3v) is 3.67. The molecule has 0 atom stereocenters. The zero-order chi connectivity index (χ0) is 12.0. The maximum absolute atomic E-state index is 3.51. The van der Waals surface area contributed by atoms with E-state index < -0.39 is 0 Å². The Morgan fingerprint density at radius 2 is 1.75 bits per heavy atom. The Balaban J connectivity index is 2.45. The van der Waals surface area contributed by atoms with Crippen LogP contribution in [0.15, 0.2) is 12.1 Å². The number of rotatable bonds is 6. The largest absolute Gasteiger partial charge is 0.313 e. The molecule has 0 aliphatic heterocycles. The third-order valence-electron chi connectivity index (χ3n) is 2.97. The molecule has 0 unspecified atom stereocenters. The highest BCUT2D eigenvalue weighted by Crippen LogP contribution is 2.14. The number of nitrogens with one attached hydrogen (secondary N) is 1. The minimum Gasteiger partial charge on any atom is -0.313 e. The summed E-state index contributed by atoms with van der Waals surface area (Å²) < 4.78 is 0. The molecule has 16 heavy (non-hydrogen) atoms. The summed E-state index contributed by atoms with van der Waals surface area (Å²) >= 11 is 1.92. The molecule has 90 valence electrons. The first-order valence-corrected chi connectivity index (χ1v) is 7.31. The highest BCUT2D eigenvalue weighted by molar-refractivity contribution is 7.98. The van der Waals surface area contributed by atoms with Crippen molar-refractivity contribution in [2.45, 2.75) is 33.7 Å². The van der Waals surface area contributed by atoms with Gasteiger partial charge in [-0.05, 0) is 68.0 Å². The lowest BCUT2D eigenvalue weighted by molar-refractivity contribution is 0.676. The van der Waals surface area contributed by atoms with Crippen LogP contribution in [0.2, 0.25) is 0 Å². The SMILES string of the molecule is CSCCCNCc1cc(C)c(C)cc1C. The van der Waals surface area contributed by atoms with Crippen LogP contribution in [-0.2, 0) is 6.54 Å². The molecule has 0 amide bonds. The molecule has 0 spiro atoms. The maximum atomic E-state index is 3.51. The van der Waals surface area contributed by atoms with E-state index in [9.17, 15) is 0 Å². The van der Waals surface area contributed by atoms with Gasteiger partial charge in [0, 0.05) is 6.54 Å². The van der Waals surface area contributed by atoms with Gasteiger partial charge in [0.15, 0.2) is 0 Å². The molecule has 0 bridgehead atoms. The Morgan fingerprint density at radius 1 is 1.06 bits per heavy atom. The quantitative estimate of drug-likeness (QED) is 0.761. The fraction of sp³-hybridized carbons (Fsp3) is 0.571. The van der Waals surface area contributed by atoms with Crippen molar-refractivity contribution in [3.05, 3.63) is 34.4 Å². The second-order valence-corrected chi connectivity index (χ2v) is 5.37. The Morgan fingerprint density at radius 3 is 2.44 bits per heavy atom. The van der Waals surface area contributed by atoms with E-state index in [4.69, 9.17) is 0 Å². The van der Waals surface area contributed by atoms with Gasteiger partial charge in [0.2, 0.25) is 0 Å². The molecular formula is C14H23NS. The fourth-order valence-corrected chi connectivity index (χ4v) is 2.21. The number of hydrogen-bond donors (Lipinski definition) is 1. The van der Waals surface area contributed by atoms with E-state index in [0.717, 1.165) is 13.1 Å². The smallest absolute Gasteiger partial charge is 0.0208 e. The van der Waals surface area contributed by atoms with Gasteiger partial charge in [-0.3, -0.25) is 0 Å². The maximum Gasteiger partial charge on any atom is 0.0208 e. The van der Waals surface area contributed by atoms with E-state index in [-0.39, 0.29) is 0 Å². The van der Waals surface area contributed by atoms with E-state index in [1.165, 1.54) is 34.4 Å². The van der Waals surface area contributed by atoms with Crippen LogP contribution in [0.25, 0.3) is 0 Å². The highest BCUT2D eigenvalue weighted by atomic mass is 32.2. The fourth-order valence-electron chi connectivity index (χ4n) is 1.78. The minimum absolute atomic E-state index is 1.00. The van der Waals surface area contributed by atoms with Gasteiger partial charge < -0.3 is 5.32 Å². The summed E-state index contributed by atoms with van der Waals surface area (Å²) in [4.78, 5) is 0. The van der Waals surface area contributed by atoms with E-state index >= 15 is 0 Å². The van der Waals surface area contributed by atoms with Crippen LogP contribution < -0.4 is 5.32 Å². The first kappa shape index (κ1) is 13.6. The summed E-state index contributed by atoms with van der Waals surface area (Å²) in [6.45, 7) is 8.68. The van der Waals surface area contributed by atoms with Crippen LogP contribution in [-0.4, -0.2) is 18.6 Å². The second-order valence-electron chi connectivity index (χ2n) is 4.39. The number of aryl methyl sites for hydroxylation is 3. The van der Waals surface area contributed by atoms with Crippen molar-refractivity contribution in [3.8, 4) is 0 Å². The first-order valence-electron chi connectivity index (χ1n) is 5.91. The monoisotopic (exact) mass is 237 g/mol. The molecule has 0 heterocycles. The summed E-state index contributed by atoms with van der Waals surface area (Å²) in [6, 6.07) is 4.60. The predicted molar refractivity (Wildman–Crippen MR) is 75.4 cm³/mol. The molecule has 0 saturated carbocycles. The molecule has 2 heteroatoms. The van der Waals surface area contributed by atoms with E-state index in [1.807, 2.05) is 11.8 Å². The molecule has 1 N–H and O–H groups in total. The molecule has 0 radical (unpaired) electrons.